The number of amides is 1. The average molecular weight is 318 g/mol. The molecule has 2 rings (SSSR count). The molecule has 1 amide bonds. The molecule has 126 valence electrons. The monoisotopic (exact) mass is 318 g/mol. The molecule has 0 spiro atoms. The van der Waals surface area contributed by atoms with E-state index < -0.39 is 12.0 Å². The standard InChI is InChI=1S/C18H26N2O3/c1-3-4-11-19(2)13-14-8-5-6-9-15(14)17(21)20-12-7-10-16(20)18(22)23/h5-6,8-9,16H,3-4,7,10-13H2,1-2H3,(H,22,23). The first-order chi connectivity index (χ1) is 11.0. The van der Waals surface area contributed by atoms with E-state index in [-0.39, 0.29) is 5.91 Å². The Kier molecular flexibility index (Phi) is 6.16. The van der Waals surface area contributed by atoms with Crippen LogP contribution in [-0.4, -0.2) is 53.0 Å². The second kappa shape index (κ2) is 8.11. The minimum Gasteiger partial charge on any atom is -0.480 e. The molecule has 1 aliphatic rings. The van der Waals surface area contributed by atoms with E-state index in [0.29, 0.717) is 25.1 Å². The summed E-state index contributed by atoms with van der Waals surface area (Å²) in [4.78, 5) is 27.9. The maximum Gasteiger partial charge on any atom is 0.326 e. The van der Waals surface area contributed by atoms with Crippen LogP contribution < -0.4 is 0 Å². The summed E-state index contributed by atoms with van der Waals surface area (Å²) < 4.78 is 0. The number of unbranched alkanes of at least 4 members (excludes halogenated alkanes) is 1. The summed E-state index contributed by atoms with van der Waals surface area (Å²) >= 11 is 0. The largest absolute Gasteiger partial charge is 0.480 e. The predicted molar refractivity (Wildman–Crippen MR) is 89.4 cm³/mol. The number of nitrogens with zero attached hydrogens (tertiary/aromatic N) is 2. The summed E-state index contributed by atoms with van der Waals surface area (Å²) in [6, 6.07) is 6.85. The Morgan fingerprint density at radius 2 is 2.09 bits per heavy atom. The van der Waals surface area contributed by atoms with Gasteiger partial charge in [-0.05, 0) is 44.5 Å². The van der Waals surface area contributed by atoms with Crippen LogP contribution in [0.25, 0.3) is 0 Å². The van der Waals surface area contributed by atoms with Crippen molar-refractivity contribution in [1.29, 1.82) is 0 Å². The highest BCUT2D eigenvalue weighted by atomic mass is 16.4. The molecule has 1 heterocycles. The average Bonchev–Trinajstić information content (AvgIpc) is 3.02. The Bertz CT molecular complexity index is 559. The molecule has 5 nitrogen and oxygen atoms in total. The van der Waals surface area contributed by atoms with Crippen molar-refractivity contribution in [1.82, 2.24) is 9.80 Å². The van der Waals surface area contributed by atoms with E-state index in [1.54, 1.807) is 0 Å². The minimum atomic E-state index is -0.909. The molecular formula is C18H26N2O3. The molecule has 1 aromatic carbocycles. The van der Waals surface area contributed by atoms with Gasteiger partial charge in [-0.25, -0.2) is 4.79 Å². The molecule has 1 N–H and O–H groups in total. The van der Waals surface area contributed by atoms with Crippen LogP contribution in [0.5, 0.6) is 0 Å². The molecule has 1 saturated heterocycles. The number of rotatable bonds is 7. The Morgan fingerprint density at radius 3 is 2.78 bits per heavy atom. The molecule has 0 saturated carbocycles. The third kappa shape index (κ3) is 4.32. The Balaban J connectivity index is 2.16. The van der Waals surface area contributed by atoms with E-state index in [2.05, 4.69) is 11.8 Å². The van der Waals surface area contributed by atoms with Gasteiger partial charge in [-0.3, -0.25) is 4.79 Å². The summed E-state index contributed by atoms with van der Waals surface area (Å²) in [6.07, 6.45) is 3.56. The van der Waals surface area contributed by atoms with Gasteiger partial charge in [-0.2, -0.15) is 0 Å². The molecular weight excluding hydrogens is 292 g/mol. The van der Waals surface area contributed by atoms with E-state index in [9.17, 15) is 14.7 Å². The first kappa shape index (κ1) is 17.5. The molecule has 5 heteroatoms. The first-order valence-corrected chi connectivity index (χ1v) is 8.34. The van der Waals surface area contributed by atoms with Gasteiger partial charge >= 0.3 is 5.97 Å². The highest BCUT2D eigenvalue weighted by Gasteiger charge is 2.35. The van der Waals surface area contributed by atoms with E-state index in [4.69, 9.17) is 0 Å². The number of aliphatic carboxylic acids is 1. The maximum atomic E-state index is 12.8. The zero-order valence-electron chi connectivity index (χ0n) is 14.0. The van der Waals surface area contributed by atoms with E-state index in [1.807, 2.05) is 31.3 Å². The van der Waals surface area contributed by atoms with Crippen LogP contribution >= 0.6 is 0 Å². The van der Waals surface area contributed by atoms with Crippen LogP contribution in [0.3, 0.4) is 0 Å². The van der Waals surface area contributed by atoms with Crippen LogP contribution in [0, 0.1) is 0 Å². The fourth-order valence-electron chi connectivity index (χ4n) is 3.09. The van der Waals surface area contributed by atoms with Crippen LogP contribution in [0.1, 0.15) is 48.5 Å². The molecule has 0 aromatic heterocycles. The van der Waals surface area contributed by atoms with Crippen molar-refractivity contribution in [2.45, 2.75) is 45.2 Å². The van der Waals surface area contributed by atoms with Gasteiger partial charge in [0.2, 0.25) is 0 Å². The fourth-order valence-corrected chi connectivity index (χ4v) is 3.09. The Morgan fingerprint density at radius 1 is 1.35 bits per heavy atom. The zero-order chi connectivity index (χ0) is 16.8. The topological polar surface area (TPSA) is 60.9 Å². The number of hydrogen-bond acceptors (Lipinski definition) is 3. The van der Waals surface area contributed by atoms with Crippen molar-refractivity contribution in [2.24, 2.45) is 0 Å². The molecule has 23 heavy (non-hydrogen) atoms. The molecule has 0 bridgehead atoms. The lowest BCUT2D eigenvalue weighted by Crippen LogP contribution is -2.41. The van der Waals surface area contributed by atoms with Crippen LogP contribution in [0.4, 0.5) is 0 Å². The number of carboxylic acid groups (broad SMARTS) is 1. The molecule has 1 aromatic rings. The molecule has 1 fully saturated rings. The normalized spacial score (nSPS) is 17.7. The molecule has 1 unspecified atom stereocenters. The number of likely N-dealkylation sites (tertiary alicyclic amines) is 1. The highest BCUT2D eigenvalue weighted by molar-refractivity contribution is 5.98. The van der Waals surface area contributed by atoms with Crippen molar-refractivity contribution in [3.63, 3.8) is 0 Å². The van der Waals surface area contributed by atoms with Crippen LogP contribution in [0.2, 0.25) is 0 Å². The predicted octanol–water partition coefficient (Wildman–Crippen LogP) is 2.61. The number of hydrogen-bond donors (Lipinski definition) is 1. The van der Waals surface area contributed by atoms with E-state index in [0.717, 1.165) is 31.4 Å². The van der Waals surface area contributed by atoms with Crippen LogP contribution in [-0.2, 0) is 11.3 Å². The van der Waals surface area contributed by atoms with Crippen molar-refractivity contribution in [3.05, 3.63) is 35.4 Å². The van der Waals surface area contributed by atoms with Crippen LogP contribution in [0.15, 0.2) is 24.3 Å². The fraction of sp³-hybridized carbons (Fsp3) is 0.556. The van der Waals surface area contributed by atoms with Gasteiger partial charge in [0, 0.05) is 18.7 Å². The zero-order valence-corrected chi connectivity index (χ0v) is 14.0. The number of benzene rings is 1. The molecule has 0 radical (unpaired) electrons. The number of carbonyl (C=O) groups excluding carboxylic acids is 1. The second-order valence-electron chi connectivity index (χ2n) is 6.24. The van der Waals surface area contributed by atoms with Crippen molar-refractivity contribution in [3.8, 4) is 0 Å². The van der Waals surface area contributed by atoms with Gasteiger partial charge in [-0.15, -0.1) is 0 Å². The first-order valence-electron chi connectivity index (χ1n) is 8.34. The lowest BCUT2D eigenvalue weighted by atomic mass is 10.0. The third-order valence-electron chi connectivity index (χ3n) is 4.38. The smallest absolute Gasteiger partial charge is 0.326 e. The molecule has 0 aliphatic carbocycles. The molecule has 1 aliphatic heterocycles. The summed E-state index contributed by atoms with van der Waals surface area (Å²) in [7, 11) is 2.05. The Hall–Kier alpha value is -1.88. The van der Waals surface area contributed by atoms with Gasteiger partial charge in [0.15, 0.2) is 0 Å². The van der Waals surface area contributed by atoms with Crippen molar-refractivity contribution < 1.29 is 14.7 Å². The van der Waals surface area contributed by atoms with Gasteiger partial charge in [0.05, 0.1) is 0 Å². The summed E-state index contributed by atoms with van der Waals surface area (Å²) in [5.74, 6) is -1.07. The maximum absolute atomic E-state index is 12.8. The molecule has 1 atom stereocenters. The minimum absolute atomic E-state index is 0.158. The van der Waals surface area contributed by atoms with Gasteiger partial charge in [0.25, 0.3) is 5.91 Å². The lowest BCUT2D eigenvalue weighted by molar-refractivity contribution is -0.141. The SMILES string of the molecule is CCCCN(C)Cc1ccccc1C(=O)N1CCCC1C(=O)O. The Labute approximate surface area is 137 Å². The lowest BCUT2D eigenvalue weighted by Gasteiger charge is -2.24. The van der Waals surface area contributed by atoms with Gasteiger partial charge in [0.1, 0.15) is 6.04 Å². The summed E-state index contributed by atoms with van der Waals surface area (Å²) in [5.41, 5.74) is 1.59. The summed E-state index contributed by atoms with van der Waals surface area (Å²) in [6.45, 7) is 4.37. The quantitative estimate of drug-likeness (QED) is 0.839. The number of carboxylic acids is 1. The van der Waals surface area contributed by atoms with E-state index in [1.165, 1.54) is 4.90 Å². The van der Waals surface area contributed by atoms with Gasteiger partial charge < -0.3 is 14.9 Å². The second-order valence-corrected chi connectivity index (χ2v) is 6.24. The van der Waals surface area contributed by atoms with Crippen molar-refractivity contribution >= 4 is 11.9 Å². The van der Waals surface area contributed by atoms with Gasteiger partial charge in [-0.1, -0.05) is 31.5 Å². The highest BCUT2D eigenvalue weighted by Crippen LogP contribution is 2.22. The third-order valence-corrected chi connectivity index (χ3v) is 4.38. The van der Waals surface area contributed by atoms with E-state index >= 15 is 0 Å². The van der Waals surface area contributed by atoms with Crippen molar-refractivity contribution in [2.75, 3.05) is 20.1 Å². The summed E-state index contributed by atoms with van der Waals surface area (Å²) in [5, 5.41) is 9.29. The number of carbonyl (C=O) groups is 2.